The third-order valence-corrected chi connectivity index (χ3v) is 5.65. The molecule has 5 nitrogen and oxygen atoms in total. The molecule has 0 saturated carbocycles. The number of oxime groups is 1. The van der Waals surface area contributed by atoms with E-state index < -0.39 is 8.07 Å². The molecule has 0 spiro atoms. The highest BCUT2D eigenvalue weighted by Crippen LogP contribution is 2.25. The van der Waals surface area contributed by atoms with Crippen LogP contribution in [0.4, 0.5) is 0 Å². The van der Waals surface area contributed by atoms with E-state index >= 15 is 0 Å². The number of nitrogens with zero attached hydrogens (tertiary/aromatic N) is 2. The SMILES string of the molecule is C[Si](C)(C)CCOCn1cc(/C(N)=N/O)c2cc(Br)ccc21. The van der Waals surface area contributed by atoms with Crippen LogP contribution in [-0.4, -0.2) is 30.3 Å². The number of amidine groups is 1. The molecule has 0 aliphatic carbocycles. The number of hydrogen-bond donors (Lipinski definition) is 2. The van der Waals surface area contributed by atoms with Crippen molar-refractivity contribution in [1.82, 2.24) is 4.57 Å². The molecule has 2 rings (SSSR count). The van der Waals surface area contributed by atoms with E-state index in [9.17, 15) is 0 Å². The lowest BCUT2D eigenvalue weighted by Gasteiger charge is -2.15. The first kappa shape index (κ1) is 17.0. The average molecular weight is 384 g/mol. The molecule has 22 heavy (non-hydrogen) atoms. The van der Waals surface area contributed by atoms with Gasteiger partial charge >= 0.3 is 0 Å². The maximum Gasteiger partial charge on any atom is 0.172 e. The standard InChI is InChI=1S/C15H22BrN3O2Si/c1-22(2,3)7-6-21-10-19-9-13(15(17)18-20)12-8-11(16)4-5-14(12)19/h4-5,8-9,20H,6-7,10H2,1-3H3,(H2,17,18). The van der Waals surface area contributed by atoms with Gasteiger partial charge in [0.2, 0.25) is 0 Å². The second-order valence-electron chi connectivity index (χ2n) is 6.51. The normalized spacial score (nSPS) is 13.0. The molecule has 0 saturated heterocycles. The molecule has 0 fully saturated rings. The Morgan fingerprint density at radius 1 is 1.41 bits per heavy atom. The van der Waals surface area contributed by atoms with Gasteiger partial charge in [0.15, 0.2) is 5.84 Å². The lowest BCUT2D eigenvalue weighted by molar-refractivity contribution is 0.0902. The van der Waals surface area contributed by atoms with Gasteiger partial charge in [-0.05, 0) is 24.2 Å². The summed E-state index contributed by atoms with van der Waals surface area (Å²) < 4.78 is 8.74. The Morgan fingerprint density at radius 3 is 2.77 bits per heavy atom. The van der Waals surface area contributed by atoms with Crippen molar-refractivity contribution < 1.29 is 9.94 Å². The molecule has 1 heterocycles. The monoisotopic (exact) mass is 383 g/mol. The van der Waals surface area contributed by atoms with Gasteiger partial charge < -0.3 is 20.2 Å². The first-order valence-electron chi connectivity index (χ1n) is 7.16. The highest BCUT2D eigenvalue weighted by atomic mass is 79.9. The molecule has 0 aliphatic rings. The summed E-state index contributed by atoms with van der Waals surface area (Å²) in [5.74, 6) is 0.101. The number of benzene rings is 1. The van der Waals surface area contributed by atoms with Crippen LogP contribution >= 0.6 is 15.9 Å². The van der Waals surface area contributed by atoms with Crippen LogP contribution < -0.4 is 5.73 Å². The Kier molecular flexibility index (Phi) is 5.31. The lowest BCUT2D eigenvalue weighted by atomic mass is 10.1. The highest BCUT2D eigenvalue weighted by Gasteiger charge is 2.14. The third-order valence-electron chi connectivity index (χ3n) is 3.45. The summed E-state index contributed by atoms with van der Waals surface area (Å²) in [6.45, 7) is 8.20. The molecule has 120 valence electrons. The van der Waals surface area contributed by atoms with E-state index in [4.69, 9.17) is 15.7 Å². The maximum absolute atomic E-state index is 8.95. The number of fused-ring (bicyclic) bond motifs is 1. The third kappa shape index (κ3) is 4.12. The zero-order chi connectivity index (χ0) is 16.3. The van der Waals surface area contributed by atoms with E-state index in [-0.39, 0.29) is 5.84 Å². The van der Waals surface area contributed by atoms with Gasteiger partial charge in [0.1, 0.15) is 6.73 Å². The summed E-state index contributed by atoms with van der Waals surface area (Å²) in [7, 11) is -1.09. The van der Waals surface area contributed by atoms with Crippen molar-refractivity contribution in [1.29, 1.82) is 0 Å². The van der Waals surface area contributed by atoms with Crippen molar-refractivity contribution in [2.75, 3.05) is 6.61 Å². The number of aromatic nitrogens is 1. The maximum atomic E-state index is 8.95. The molecule has 0 bridgehead atoms. The smallest absolute Gasteiger partial charge is 0.172 e. The van der Waals surface area contributed by atoms with E-state index in [0.717, 1.165) is 28.0 Å². The molecule has 0 amide bonds. The lowest BCUT2D eigenvalue weighted by Crippen LogP contribution is -2.22. The van der Waals surface area contributed by atoms with Crippen LogP contribution in [0.1, 0.15) is 5.56 Å². The Labute approximate surface area is 139 Å². The number of nitrogens with two attached hydrogens (primary N) is 1. The average Bonchev–Trinajstić information content (AvgIpc) is 2.79. The fraction of sp³-hybridized carbons (Fsp3) is 0.400. The second-order valence-corrected chi connectivity index (χ2v) is 13.0. The molecule has 2 aromatic rings. The van der Waals surface area contributed by atoms with Crippen molar-refractivity contribution in [3.63, 3.8) is 0 Å². The van der Waals surface area contributed by atoms with Gasteiger partial charge in [0.25, 0.3) is 0 Å². The van der Waals surface area contributed by atoms with Crippen molar-refractivity contribution in [2.45, 2.75) is 32.4 Å². The van der Waals surface area contributed by atoms with Crippen molar-refractivity contribution in [2.24, 2.45) is 10.9 Å². The van der Waals surface area contributed by atoms with Gasteiger partial charge in [-0.1, -0.05) is 40.7 Å². The van der Waals surface area contributed by atoms with E-state index in [1.54, 1.807) is 0 Å². The predicted octanol–water partition coefficient (Wildman–Crippen LogP) is 3.81. The van der Waals surface area contributed by atoms with E-state index in [1.807, 2.05) is 29.0 Å². The van der Waals surface area contributed by atoms with Crippen LogP contribution in [0.15, 0.2) is 34.0 Å². The Morgan fingerprint density at radius 2 is 2.14 bits per heavy atom. The minimum atomic E-state index is -1.09. The summed E-state index contributed by atoms with van der Waals surface area (Å²) in [6, 6.07) is 7.05. The number of halogens is 1. The first-order valence-corrected chi connectivity index (χ1v) is 11.7. The molecule has 3 N–H and O–H groups in total. The van der Waals surface area contributed by atoms with Crippen LogP contribution in [0.2, 0.25) is 25.7 Å². The molecular weight excluding hydrogens is 362 g/mol. The molecular formula is C15H22BrN3O2Si. The summed E-state index contributed by atoms with van der Waals surface area (Å²) >= 11 is 3.45. The summed E-state index contributed by atoms with van der Waals surface area (Å²) in [6.07, 6.45) is 1.86. The quantitative estimate of drug-likeness (QED) is 0.199. The molecule has 0 unspecified atom stereocenters. The number of hydrogen-bond acceptors (Lipinski definition) is 3. The highest BCUT2D eigenvalue weighted by molar-refractivity contribution is 9.10. The predicted molar refractivity (Wildman–Crippen MR) is 96.3 cm³/mol. The van der Waals surface area contributed by atoms with Crippen molar-refractivity contribution in [3.8, 4) is 0 Å². The zero-order valence-corrected chi connectivity index (χ0v) is 15.7. The van der Waals surface area contributed by atoms with Gasteiger partial charge in [-0.25, -0.2) is 0 Å². The van der Waals surface area contributed by atoms with Crippen molar-refractivity contribution in [3.05, 3.63) is 34.4 Å². The minimum absolute atomic E-state index is 0.101. The number of ether oxygens (including phenoxy) is 1. The van der Waals surface area contributed by atoms with Gasteiger partial charge in [0.05, 0.1) is 5.52 Å². The molecule has 0 aliphatic heterocycles. The van der Waals surface area contributed by atoms with Crippen LogP contribution in [0.5, 0.6) is 0 Å². The van der Waals surface area contributed by atoms with Crippen LogP contribution in [0.3, 0.4) is 0 Å². The second kappa shape index (κ2) is 6.85. The van der Waals surface area contributed by atoms with Gasteiger partial charge in [-0.3, -0.25) is 0 Å². The fourth-order valence-corrected chi connectivity index (χ4v) is 3.29. The summed E-state index contributed by atoms with van der Waals surface area (Å²) in [4.78, 5) is 0. The minimum Gasteiger partial charge on any atom is -0.409 e. The largest absolute Gasteiger partial charge is 0.409 e. The van der Waals surface area contributed by atoms with Gasteiger partial charge in [0, 0.05) is 36.3 Å². The first-order chi connectivity index (χ1) is 10.3. The molecule has 1 aromatic heterocycles. The van der Waals surface area contributed by atoms with Crippen molar-refractivity contribution >= 4 is 40.7 Å². The number of rotatable bonds is 6. The Balaban J connectivity index is 2.23. The molecule has 1 aromatic carbocycles. The van der Waals surface area contributed by atoms with Crippen LogP contribution in [0, 0.1) is 0 Å². The van der Waals surface area contributed by atoms with E-state index in [0.29, 0.717) is 12.3 Å². The van der Waals surface area contributed by atoms with E-state index in [1.165, 1.54) is 0 Å². The van der Waals surface area contributed by atoms with E-state index in [2.05, 4.69) is 40.7 Å². The Hall–Kier alpha value is -1.31. The van der Waals surface area contributed by atoms with Gasteiger partial charge in [-0.2, -0.15) is 0 Å². The zero-order valence-electron chi connectivity index (χ0n) is 13.1. The van der Waals surface area contributed by atoms with Crippen LogP contribution in [-0.2, 0) is 11.5 Å². The fourth-order valence-electron chi connectivity index (χ4n) is 2.18. The van der Waals surface area contributed by atoms with Crippen LogP contribution in [0.25, 0.3) is 10.9 Å². The molecule has 0 atom stereocenters. The molecule has 0 radical (unpaired) electrons. The topological polar surface area (TPSA) is 72.8 Å². The summed E-state index contributed by atoms with van der Waals surface area (Å²) in [5, 5.41) is 13.0. The Bertz CT molecular complexity index is 692. The summed E-state index contributed by atoms with van der Waals surface area (Å²) in [5.41, 5.74) is 7.47. The molecule has 7 heteroatoms. The van der Waals surface area contributed by atoms with Gasteiger partial charge in [-0.15, -0.1) is 0 Å².